The summed E-state index contributed by atoms with van der Waals surface area (Å²) >= 11 is 5.89. The van der Waals surface area contributed by atoms with E-state index in [2.05, 4.69) is 0 Å². The van der Waals surface area contributed by atoms with E-state index in [0.717, 1.165) is 5.56 Å². The largest absolute Gasteiger partial charge is 0.398 e. The summed E-state index contributed by atoms with van der Waals surface area (Å²) in [5, 5.41) is 0.461. The number of ketones is 1. The number of carbonyl (C=O) groups excluding carboxylic acids is 1. The van der Waals surface area contributed by atoms with Crippen molar-refractivity contribution in [1.29, 1.82) is 0 Å². The summed E-state index contributed by atoms with van der Waals surface area (Å²) in [6, 6.07) is 3.49. The van der Waals surface area contributed by atoms with Crippen LogP contribution in [0.2, 0.25) is 5.02 Å². The molecule has 3 heteroatoms. The van der Waals surface area contributed by atoms with Crippen LogP contribution in [0.5, 0.6) is 0 Å². The second kappa shape index (κ2) is 3.15. The summed E-state index contributed by atoms with van der Waals surface area (Å²) in [4.78, 5) is 11.1. The van der Waals surface area contributed by atoms with Gasteiger partial charge in [0.25, 0.3) is 0 Å². The van der Waals surface area contributed by atoms with Gasteiger partial charge in [0.05, 0.1) is 10.6 Å². The molecule has 0 unspecified atom stereocenters. The smallest absolute Gasteiger partial charge is 0.163 e. The van der Waals surface area contributed by atoms with Crippen LogP contribution in [-0.2, 0) is 0 Å². The van der Waals surface area contributed by atoms with Crippen molar-refractivity contribution in [3.63, 3.8) is 0 Å². The van der Waals surface area contributed by atoms with Crippen molar-refractivity contribution in [2.75, 3.05) is 5.73 Å². The van der Waals surface area contributed by atoms with Crippen molar-refractivity contribution in [3.8, 4) is 0 Å². The van der Waals surface area contributed by atoms with Gasteiger partial charge in [-0.3, -0.25) is 4.79 Å². The van der Waals surface area contributed by atoms with Gasteiger partial charge in [0, 0.05) is 5.69 Å². The van der Waals surface area contributed by atoms with Crippen LogP contribution in [0.15, 0.2) is 12.1 Å². The van der Waals surface area contributed by atoms with Gasteiger partial charge in [0.2, 0.25) is 0 Å². The average molecular weight is 184 g/mol. The summed E-state index contributed by atoms with van der Waals surface area (Å²) in [6.45, 7) is 3.30. The molecule has 0 saturated heterocycles. The highest BCUT2D eigenvalue weighted by molar-refractivity contribution is 6.35. The molecule has 0 aromatic heterocycles. The third kappa shape index (κ3) is 1.43. The van der Waals surface area contributed by atoms with E-state index >= 15 is 0 Å². The van der Waals surface area contributed by atoms with E-state index in [9.17, 15) is 4.79 Å². The Balaban J connectivity index is 3.43. The molecule has 1 aromatic rings. The highest BCUT2D eigenvalue weighted by atomic mass is 35.5. The molecule has 0 bridgehead atoms. The second-order valence-electron chi connectivity index (χ2n) is 2.72. The molecule has 0 atom stereocenters. The molecule has 0 fully saturated rings. The normalized spacial score (nSPS) is 9.92. The molecule has 1 rings (SSSR count). The quantitative estimate of drug-likeness (QED) is 0.537. The number of hydrogen-bond acceptors (Lipinski definition) is 2. The molecule has 2 nitrogen and oxygen atoms in total. The Morgan fingerprint density at radius 1 is 1.50 bits per heavy atom. The number of nitrogen functional groups attached to an aromatic ring is 1. The molecule has 1 aromatic carbocycles. The lowest BCUT2D eigenvalue weighted by molar-refractivity contribution is 0.101. The van der Waals surface area contributed by atoms with Crippen LogP contribution in [0.3, 0.4) is 0 Å². The van der Waals surface area contributed by atoms with Gasteiger partial charge in [-0.25, -0.2) is 0 Å². The molecule has 0 heterocycles. The fraction of sp³-hybridized carbons (Fsp3) is 0.222. The first kappa shape index (κ1) is 9.07. The van der Waals surface area contributed by atoms with Gasteiger partial charge in [-0.15, -0.1) is 0 Å². The topological polar surface area (TPSA) is 43.1 Å². The number of benzene rings is 1. The molecule has 12 heavy (non-hydrogen) atoms. The minimum Gasteiger partial charge on any atom is -0.398 e. The standard InChI is InChI=1S/C9H10ClNO/c1-5-3-4-7(11)8(6(2)12)9(5)10/h3-4H,11H2,1-2H3. The van der Waals surface area contributed by atoms with Crippen LogP contribution in [0.4, 0.5) is 5.69 Å². The summed E-state index contributed by atoms with van der Waals surface area (Å²) in [7, 11) is 0. The zero-order valence-corrected chi connectivity index (χ0v) is 7.77. The Kier molecular flexibility index (Phi) is 2.38. The predicted molar refractivity (Wildman–Crippen MR) is 50.6 cm³/mol. The highest BCUT2D eigenvalue weighted by Gasteiger charge is 2.10. The molecule has 0 radical (unpaired) electrons. The van der Waals surface area contributed by atoms with Crippen LogP contribution in [0.25, 0.3) is 0 Å². The Hall–Kier alpha value is -1.02. The number of Topliss-reactive ketones (excluding diaryl/α,β-unsaturated/α-hetero) is 1. The van der Waals surface area contributed by atoms with Crippen molar-refractivity contribution in [2.45, 2.75) is 13.8 Å². The molecule has 0 spiro atoms. The van der Waals surface area contributed by atoms with E-state index in [-0.39, 0.29) is 5.78 Å². The third-order valence-corrected chi connectivity index (χ3v) is 2.21. The lowest BCUT2D eigenvalue weighted by Gasteiger charge is -2.06. The molecule has 0 aliphatic rings. The molecular weight excluding hydrogens is 174 g/mol. The van der Waals surface area contributed by atoms with Gasteiger partial charge in [-0.05, 0) is 25.5 Å². The van der Waals surface area contributed by atoms with Gasteiger partial charge < -0.3 is 5.73 Å². The van der Waals surface area contributed by atoms with Gasteiger partial charge in [0.1, 0.15) is 0 Å². The van der Waals surface area contributed by atoms with Crippen molar-refractivity contribution in [2.24, 2.45) is 0 Å². The summed E-state index contributed by atoms with van der Waals surface area (Å²) in [5.41, 5.74) is 7.33. The van der Waals surface area contributed by atoms with Gasteiger partial charge in [-0.2, -0.15) is 0 Å². The van der Waals surface area contributed by atoms with Crippen LogP contribution in [0, 0.1) is 6.92 Å². The van der Waals surface area contributed by atoms with Crippen LogP contribution < -0.4 is 5.73 Å². The first-order valence-electron chi connectivity index (χ1n) is 3.59. The van der Waals surface area contributed by atoms with Gasteiger partial charge >= 0.3 is 0 Å². The van der Waals surface area contributed by atoms with E-state index in [1.165, 1.54) is 6.92 Å². The maximum absolute atomic E-state index is 11.1. The number of anilines is 1. The maximum Gasteiger partial charge on any atom is 0.163 e. The number of aryl methyl sites for hydroxylation is 1. The van der Waals surface area contributed by atoms with Gasteiger partial charge in [0.15, 0.2) is 5.78 Å². The molecular formula is C9H10ClNO. The summed E-state index contributed by atoms with van der Waals surface area (Å²) < 4.78 is 0. The molecule has 0 aliphatic heterocycles. The molecule has 0 saturated carbocycles. The van der Waals surface area contributed by atoms with Crippen LogP contribution in [-0.4, -0.2) is 5.78 Å². The van der Waals surface area contributed by atoms with E-state index in [1.807, 2.05) is 6.92 Å². The minimum absolute atomic E-state index is 0.0961. The lowest BCUT2D eigenvalue weighted by atomic mass is 10.1. The fourth-order valence-corrected chi connectivity index (χ4v) is 1.36. The number of halogens is 1. The van der Waals surface area contributed by atoms with E-state index in [4.69, 9.17) is 17.3 Å². The maximum atomic E-state index is 11.1. The Morgan fingerprint density at radius 2 is 2.08 bits per heavy atom. The number of carbonyl (C=O) groups is 1. The van der Waals surface area contributed by atoms with Crippen LogP contribution >= 0.6 is 11.6 Å². The Morgan fingerprint density at radius 3 is 2.50 bits per heavy atom. The first-order chi connectivity index (χ1) is 5.54. The molecule has 2 N–H and O–H groups in total. The monoisotopic (exact) mass is 183 g/mol. The zero-order chi connectivity index (χ0) is 9.30. The molecule has 64 valence electrons. The third-order valence-electron chi connectivity index (χ3n) is 1.72. The Labute approximate surface area is 76.3 Å². The number of rotatable bonds is 1. The lowest BCUT2D eigenvalue weighted by Crippen LogP contribution is -2.01. The summed E-state index contributed by atoms with van der Waals surface area (Å²) in [6.07, 6.45) is 0. The van der Waals surface area contributed by atoms with E-state index < -0.39 is 0 Å². The van der Waals surface area contributed by atoms with Gasteiger partial charge in [-0.1, -0.05) is 17.7 Å². The van der Waals surface area contributed by atoms with Crippen molar-refractivity contribution < 1.29 is 4.79 Å². The SMILES string of the molecule is CC(=O)c1c(N)ccc(C)c1Cl. The van der Waals surface area contributed by atoms with Crippen molar-refractivity contribution >= 4 is 23.1 Å². The number of hydrogen-bond donors (Lipinski definition) is 1. The van der Waals surface area contributed by atoms with E-state index in [0.29, 0.717) is 16.3 Å². The summed E-state index contributed by atoms with van der Waals surface area (Å²) in [5.74, 6) is -0.0961. The molecule has 0 amide bonds. The van der Waals surface area contributed by atoms with E-state index in [1.54, 1.807) is 12.1 Å². The second-order valence-corrected chi connectivity index (χ2v) is 3.09. The average Bonchev–Trinajstić information content (AvgIpc) is 1.97. The highest BCUT2D eigenvalue weighted by Crippen LogP contribution is 2.25. The van der Waals surface area contributed by atoms with Crippen molar-refractivity contribution in [3.05, 3.63) is 28.3 Å². The molecule has 0 aliphatic carbocycles. The number of nitrogens with two attached hydrogens (primary N) is 1. The first-order valence-corrected chi connectivity index (χ1v) is 3.97. The van der Waals surface area contributed by atoms with Crippen LogP contribution in [0.1, 0.15) is 22.8 Å². The zero-order valence-electron chi connectivity index (χ0n) is 7.02. The van der Waals surface area contributed by atoms with Crippen molar-refractivity contribution in [1.82, 2.24) is 0 Å². The Bertz CT molecular complexity index is 334. The predicted octanol–water partition coefficient (Wildman–Crippen LogP) is 2.43. The minimum atomic E-state index is -0.0961. The fourth-order valence-electron chi connectivity index (χ4n) is 1.05.